The molecule has 0 spiro atoms. The van der Waals surface area contributed by atoms with Gasteiger partial charge >= 0.3 is 17.9 Å². The Labute approximate surface area is 305 Å². The van der Waals surface area contributed by atoms with Gasteiger partial charge in [0.15, 0.2) is 0 Å². The highest BCUT2D eigenvalue weighted by Gasteiger charge is 2.40. The van der Waals surface area contributed by atoms with E-state index in [1.165, 1.54) is 0 Å². The number of nitrogens with one attached hydrogen (secondary N) is 1. The molecule has 2 amide bonds. The zero-order valence-electron chi connectivity index (χ0n) is 28.9. The van der Waals surface area contributed by atoms with Crippen LogP contribution in [-0.2, 0) is 37.6 Å². The lowest BCUT2D eigenvalue weighted by molar-refractivity contribution is -0.147. The maximum atomic E-state index is 12.0. The van der Waals surface area contributed by atoms with Gasteiger partial charge in [-0.15, -0.1) is 34.8 Å². The molecule has 6 atom stereocenters. The molecule has 19 heteroatoms. The number of halogens is 4. The van der Waals surface area contributed by atoms with Crippen LogP contribution in [0, 0.1) is 11.8 Å². The van der Waals surface area contributed by atoms with Gasteiger partial charge in [-0.3, -0.25) is 24.0 Å². The molecule has 3 fully saturated rings. The number of aliphatic hydroxyl groups excluding tert-OH is 1. The minimum atomic E-state index is -1.90. The Bertz CT molecular complexity index is 1110. The Kier molecular flexibility index (Phi) is 21.0. The van der Waals surface area contributed by atoms with E-state index in [-0.39, 0.29) is 54.5 Å². The number of likely N-dealkylation sites (tertiary alicyclic amines) is 2. The molecule has 0 saturated carbocycles. The Hall–Kier alpha value is -1.47. The highest BCUT2D eigenvalue weighted by Crippen LogP contribution is 2.25. The zero-order valence-corrected chi connectivity index (χ0v) is 33.9. The molecule has 0 aliphatic carbocycles. The topological polar surface area (TPSA) is 180 Å². The van der Waals surface area contributed by atoms with E-state index in [0.29, 0.717) is 24.8 Å². The number of aliphatic hydroxyl groups is 1. The maximum Gasteiger partial charge on any atom is 0.326 e. The molecule has 3 aliphatic heterocycles. The lowest BCUT2D eigenvalue weighted by Crippen LogP contribution is -2.45. The molecule has 0 bridgehead atoms. The Morgan fingerprint density at radius 3 is 1.56 bits per heavy atom. The number of hydrogen-bond acceptors (Lipinski definition) is 10. The molecule has 3 aliphatic rings. The van der Waals surface area contributed by atoms with Crippen molar-refractivity contribution < 1.29 is 47.8 Å². The number of rotatable bonds is 8. The molecule has 0 radical (unpaired) electrons. The van der Waals surface area contributed by atoms with Gasteiger partial charge in [-0.05, 0) is 82.1 Å². The summed E-state index contributed by atoms with van der Waals surface area (Å²) in [4.78, 5) is 69.0. The van der Waals surface area contributed by atoms with Crippen LogP contribution in [0.15, 0.2) is 0 Å². The van der Waals surface area contributed by atoms with E-state index < -0.39 is 51.9 Å². The number of alkyl halides is 3. The summed E-state index contributed by atoms with van der Waals surface area (Å²) in [6.45, 7) is 17.7. The average Bonchev–Trinajstić information content (AvgIpc) is 3.69. The van der Waals surface area contributed by atoms with Gasteiger partial charge in [-0.2, -0.15) is 0 Å². The number of nitrogens with zero attached hydrogens (tertiary/aromatic N) is 2. The van der Waals surface area contributed by atoms with Crippen LogP contribution in [0.25, 0.3) is 0 Å². The summed E-state index contributed by atoms with van der Waals surface area (Å²) in [5, 5.41) is 20.5. The van der Waals surface area contributed by atoms with Gasteiger partial charge in [-0.25, -0.2) is 4.79 Å². The van der Waals surface area contributed by atoms with Crippen molar-refractivity contribution in [1.29, 1.82) is 0 Å². The molecule has 0 aromatic heterocycles. The van der Waals surface area contributed by atoms with Crippen LogP contribution in [0.4, 0.5) is 0 Å². The van der Waals surface area contributed by atoms with Crippen molar-refractivity contribution in [3.05, 3.63) is 0 Å². The molecule has 0 aromatic rings. The molecule has 0 unspecified atom stereocenters. The van der Waals surface area contributed by atoms with E-state index in [2.05, 4.69) is 12.2 Å². The van der Waals surface area contributed by atoms with E-state index in [9.17, 15) is 28.8 Å². The Morgan fingerprint density at radius 1 is 0.729 bits per heavy atom. The van der Waals surface area contributed by atoms with Crippen LogP contribution < -0.4 is 5.32 Å². The van der Waals surface area contributed by atoms with Gasteiger partial charge in [-0.1, -0.05) is 13.8 Å². The van der Waals surface area contributed by atoms with Gasteiger partial charge in [0.05, 0.1) is 12.0 Å². The quantitative estimate of drug-likeness (QED) is 0.186. The summed E-state index contributed by atoms with van der Waals surface area (Å²) in [5.74, 6) is -1.58. The van der Waals surface area contributed by atoms with Crippen molar-refractivity contribution in [2.45, 2.75) is 96.6 Å². The number of amides is 2. The smallest absolute Gasteiger partial charge is 0.326 e. The number of carboxylic acids is 1. The number of aliphatic carboxylic acids is 1. The van der Waals surface area contributed by atoms with Gasteiger partial charge in [0.2, 0.25) is 33.7 Å². The fourth-order valence-corrected chi connectivity index (χ4v) is 6.65. The SMILES string of the molecule is C[C@@H]1C[C@@H](C(=O)O[Si](C)(C)C)N(C(=O)CCl)C1.C[C@H]1CN[C@H](C(=O)O[Si](C)(C)C)C1.O=C(Cl)CCl.O=C(O)[C@@H]1C[C@@H](O)CN1C(=O)CCl. The number of carboxylic acid groups (broad SMARTS) is 1. The van der Waals surface area contributed by atoms with Crippen molar-refractivity contribution >= 4 is 98.0 Å². The summed E-state index contributed by atoms with van der Waals surface area (Å²) in [6, 6.07) is -1.43. The van der Waals surface area contributed by atoms with E-state index in [0.717, 1.165) is 17.9 Å². The van der Waals surface area contributed by atoms with Gasteiger partial charge in [0, 0.05) is 19.5 Å². The Morgan fingerprint density at radius 2 is 1.19 bits per heavy atom. The van der Waals surface area contributed by atoms with Crippen molar-refractivity contribution in [3.63, 3.8) is 0 Å². The molecule has 48 heavy (non-hydrogen) atoms. The van der Waals surface area contributed by atoms with Crippen LogP contribution in [0.2, 0.25) is 39.3 Å². The van der Waals surface area contributed by atoms with Gasteiger partial charge in [0.25, 0.3) is 0 Å². The molecule has 0 aromatic carbocycles. The largest absolute Gasteiger partial charge is 0.519 e. The van der Waals surface area contributed by atoms with Crippen LogP contribution >= 0.6 is 46.4 Å². The van der Waals surface area contributed by atoms with Gasteiger partial charge < -0.3 is 34.2 Å². The first-order valence-corrected chi connectivity index (χ1v) is 24.3. The second kappa shape index (κ2) is 21.7. The fourth-order valence-electron chi connectivity index (χ4n) is 4.86. The molecule has 278 valence electrons. The standard InChI is InChI=1S/C11H20ClNO3Si.C9H19NO2Si.C7H10ClNO4.C2H2Cl2O/c1-8-5-9(11(15)16-17(2,3)4)13(7-8)10(14)6-12;1-7-5-8(10-6-7)9(11)12-13(2,3)4;8-2-6(11)9-3-4(10)1-5(9)7(12)13;3-1-2(4)5/h8-9H,5-7H2,1-4H3;7-8,10H,5-6H2,1-4H3;4-5,10H,1-3H2,(H,12,13);1H2/t8-,9+;7-,8+;4-,5+;/m111./s1. The highest BCUT2D eigenvalue weighted by atomic mass is 35.5. The van der Waals surface area contributed by atoms with E-state index >= 15 is 0 Å². The van der Waals surface area contributed by atoms with Crippen molar-refractivity contribution in [2.75, 3.05) is 37.3 Å². The van der Waals surface area contributed by atoms with Crippen LogP contribution in [0.1, 0.15) is 33.1 Å². The summed E-state index contributed by atoms with van der Waals surface area (Å²) in [6.07, 6.45) is 0.918. The third-order valence-corrected chi connectivity index (χ3v) is 9.37. The molecule has 3 heterocycles. The van der Waals surface area contributed by atoms with Crippen molar-refractivity contribution in [1.82, 2.24) is 15.1 Å². The Balaban J connectivity index is 0.000000651. The van der Waals surface area contributed by atoms with E-state index in [4.69, 9.17) is 65.5 Å². The first-order chi connectivity index (χ1) is 22.0. The van der Waals surface area contributed by atoms with E-state index in [1.807, 2.05) is 46.2 Å². The second-order valence-corrected chi connectivity index (χ2v) is 23.9. The first-order valence-electron chi connectivity index (χ1n) is 15.5. The summed E-state index contributed by atoms with van der Waals surface area (Å²) >= 11 is 20.4. The van der Waals surface area contributed by atoms with Gasteiger partial charge in [0.1, 0.15) is 29.9 Å². The molecule has 13 nitrogen and oxygen atoms in total. The third-order valence-electron chi connectivity index (χ3n) is 6.77. The predicted molar refractivity (Wildman–Crippen MR) is 191 cm³/mol. The number of hydrogen-bond donors (Lipinski definition) is 3. The highest BCUT2D eigenvalue weighted by molar-refractivity contribution is 6.71. The third kappa shape index (κ3) is 18.5. The van der Waals surface area contributed by atoms with Crippen molar-refractivity contribution in [2.24, 2.45) is 11.8 Å². The minimum absolute atomic E-state index is 0.0523. The molecule has 3 N–H and O–H groups in total. The molecular formula is C29H51Cl4N3O10Si2. The number of carbonyl (C=O) groups is 6. The predicted octanol–water partition coefficient (Wildman–Crippen LogP) is 3.47. The first kappa shape index (κ1) is 46.5. The lowest BCUT2D eigenvalue weighted by atomic mass is 10.1. The number of β-amino-alcohol motifs (C(OH)–C–C–N with tert-alkyl or cyclic N) is 1. The van der Waals surface area contributed by atoms with Crippen LogP contribution in [0.5, 0.6) is 0 Å². The summed E-state index contributed by atoms with van der Waals surface area (Å²) < 4.78 is 10.9. The molecule has 3 rings (SSSR count). The average molecular weight is 800 g/mol. The summed E-state index contributed by atoms with van der Waals surface area (Å²) in [7, 11) is -3.60. The van der Waals surface area contributed by atoms with Crippen LogP contribution in [0.3, 0.4) is 0 Å². The van der Waals surface area contributed by atoms with Crippen LogP contribution in [-0.4, -0.2) is 133 Å². The van der Waals surface area contributed by atoms with Crippen molar-refractivity contribution in [3.8, 4) is 0 Å². The zero-order chi connectivity index (χ0) is 37.6. The monoisotopic (exact) mass is 797 g/mol. The fraction of sp³-hybridized carbons (Fsp3) is 0.793. The molecule has 3 saturated heterocycles. The normalized spacial score (nSPS) is 24.9. The van der Waals surface area contributed by atoms with E-state index in [1.54, 1.807) is 4.90 Å². The lowest BCUT2D eigenvalue weighted by Gasteiger charge is -2.26. The minimum Gasteiger partial charge on any atom is -0.519 e. The molecular weight excluding hydrogens is 748 g/mol. The summed E-state index contributed by atoms with van der Waals surface area (Å²) in [5.41, 5.74) is 0. The number of carbonyl (C=O) groups excluding carboxylic acids is 5. The maximum absolute atomic E-state index is 12.0. The second-order valence-electron chi connectivity index (χ2n) is 13.8.